The van der Waals surface area contributed by atoms with Gasteiger partial charge in [-0.15, -0.1) is 0 Å². The summed E-state index contributed by atoms with van der Waals surface area (Å²) in [6.45, 7) is 6.29. The van der Waals surface area contributed by atoms with E-state index in [4.69, 9.17) is 4.74 Å². The van der Waals surface area contributed by atoms with Crippen LogP contribution in [-0.2, 0) is 4.74 Å². The third-order valence-corrected chi connectivity index (χ3v) is 3.60. The monoisotopic (exact) mass is 246 g/mol. The van der Waals surface area contributed by atoms with Crippen LogP contribution in [0.15, 0.2) is 0 Å². The summed E-state index contributed by atoms with van der Waals surface area (Å²) in [7, 11) is 5.78. The highest BCUT2D eigenvalue weighted by atomic mass is 16.5. The van der Waals surface area contributed by atoms with Crippen LogP contribution in [0.2, 0.25) is 0 Å². The molecule has 0 aromatic rings. The van der Waals surface area contributed by atoms with Crippen LogP contribution in [0.25, 0.3) is 0 Å². The van der Waals surface area contributed by atoms with Gasteiger partial charge in [0, 0.05) is 18.7 Å². The topological polar surface area (TPSA) is 44.7 Å². The maximum atomic E-state index is 9.26. The standard InChI is InChI=1S/C13H30N2O2/c1-12(10-17-5)15(4)9-7-6-8-13(2,11-16)14-3/h12,14,16H,6-11H2,1-5H3. The van der Waals surface area contributed by atoms with E-state index in [0.29, 0.717) is 6.04 Å². The highest BCUT2D eigenvalue weighted by Crippen LogP contribution is 2.13. The summed E-state index contributed by atoms with van der Waals surface area (Å²) >= 11 is 0. The van der Waals surface area contributed by atoms with Gasteiger partial charge in [-0.3, -0.25) is 0 Å². The summed E-state index contributed by atoms with van der Waals surface area (Å²) in [4.78, 5) is 2.32. The van der Waals surface area contributed by atoms with Crippen LogP contribution in [0.4, 0.5) is 0 Å². The number of nitrogens with zero attached hydrogens (tertiary/aromatic N) is 1. The molecule has 0 heterocycles. The highest BCUT2D eigenvalue weighted by molar-refractivity contribution is 4.80. The molecule has 104 valence electrons. The van der Waals surface area contributed by atoms with Crippen molar-refractivity contribution >= 4 is 0 Å². The van der Waals surface area contributed by atoms with Gasteiger partial charge in [-0.2, -0.15) is 0 Å². The lowest BCUT2D eigenvalue weighted by Crippen LogP contribution is -2.43. The van der Waals surface area contributed by atoms with Gasteiger partial charge in [-0.05, 0) is 47.3 Å². The Balaban J connectivity index is 3.70. The second-order valence-electron chi connectivity index (χ2n) is 5.21. The summed E-state index contributed by atoms with van der Waals surface area (Å²) in [5.74, 6) is 0. The van der Waals surface area contributed by atoms with Crippen molar-refractivity contribution in [3.63, 3.8) is 0 Å². The number of hydrogen-bond acceptors (Lipinski definition) is 4. The van der Waals surface area contributed by atoms with Gasteiger partial charge in [-0.25, -0.2) is 0 Å². The van der Waals surface area contributed by atoms with Crippen molar-refractivity contribution < 1.29 is 9.84 Å². The van der Waals surface area contributed by atoms with Crippen LogP contribution >= 0.6 is 0 Å². The summed E-state index contributed by atoms with van der Waals surface area (Å²) in [5, 5.41) is 12.4. The lowest BCUT2D eigenvalue weighted by molar-refractivity contribution is 0.113. The number of hydrogen-bond donors (Lipinski definition) is 2. The first-order chi connectivity index (χ1) is 7.99. The molecule has 2 N–H and O–H groups in total. The molecule has 0 spiro atoms. The smallest absolute Gasteiger partial charge is 0.0615 e. The second-order valence-corrected chi connectivity index (χ2v) is 5.21. The molecule has 0 saturated carbocycles. The Morgan fingerprint density at radius 3 is 2.53 bits per heavy atom. The van der Waals surface area contributed by atoms with Gasteiger partial charge in [0.1, 0.15) is 0 Å². The van der Waals surface area contributed by atoms with Gasteiger partial charge in [0.2, 0.25) is 0 Å². The van der Waals surface area contributed by atoms with Gasteiger partial charge >= 0.3 is 0 Å². The first kappa shape index (κ1) is 16.8. The molecule has 0 radical (unpaired) electrons. The molecular weight excluding hydrogens is 216 g/mol. The van der Waals surface area contributed by atoms with Crippen molar-refractivity contribution in [1.82, 2.24) is 10.2 Å². The van der Waals surface area contributed by atoms with Gasteiger partial charge < -0.3 is 20.1 Å². The molecule has 0 aliphatic carbocycles. The zero-order valence-electron chi connectivity index (χ0n) is 12.1. The number of rotatable bonds is 10. The first-order valence-electron chi connectivity index (χ1n) is 6.48. The fourth-order valence-electron chi connectivity index (χ4n) is 1.75. The molecule has 0 rings (SSSR count). The molecule has 0 saturated heterocycles. The molecule has 0 aromatic heterocycles. The molecule has 0 amide bonds. The Kier molecular flexibility index (Phi) is 8.78. The second kappa shape index (κ2) is 8.86. The summed E-state index contributed by atoms with van der Waals surface area (Å²) in [6, 6.07) is 0.466. The molecule has 0 aromatic carbocycles. The van der Waals surface area contributed by atoms with E-state index >= 15 is 0 Å². The van der Waals surface area contributed by atoms with Crippen LogP contribution < -0.4 is 5.32 Å². The number of aliphatic hydroxyl groups is 1. The molecule has 0 fully saturated rings. The van der Waals surface area contributed by atoms with Gasteiger partial charge in [0.15, 0.2) is 0 Å². The maximum absolute atomic E-state index is 9.26. The van der Waals surface area contributed by atoms with E-state index in [1.54, 1.807) is 7.11 Å². The molecule has 2 unspecified atom stereocenters. The zero-order chi connectivity index (χ0) is 13.3. The van der Waals surface area contributed by atoms with E-state index < -0.39 is 0 Å². The molecule has 4 heteroatoms. The predicted molar refractivity (Wildman–Crippen MR) is 72.4 cm³/mol. The van der Waals surface area contributed by atoms with E-state index in [9.17, 15) is 5.11 Å². The van der Waals surface area contributed by atoms with Crippen molar-refractivity contribution in [2.75, 3.05) is 41.0 Å². The number of aliphatic hydroxyl groups excluding tert-OH is 1. The number of likely N-dealkylation sites (N-methyl/N-ethyl adjacent to an activating group) is 2. The Labute approximate surface area is 106 Å². The molecule has 2 atom stereocenters. The van der Waals surface area contributed by atoms with Crippen molar-refractivity contribution in [3.05, 3.63) is 0 Å². The first-order valence-corrected chi connectivity index (χ1v) is 6.48. The van der Waals surface area contributed by atoms with Gasteiger partial charge in [0.25, 0.3) is 0 Å². The van der Waals surface area contributed by atoms with E-state index in [-0.39, 0.29) is 12.1 Å². The minimum absolute atomic E-state index is 0.128. The molecule has 4 nitrogen and oxygen atoms in total. The average molecular weight is 246 g/mol. The largest absolute Gasteiger partial charge is 0.394 e. The average Bonchev–Trinajstić information content (AvgIpc) is 2.34. The molecule has 17 heavy (non-hydrogen) atoms. The summed E-state index contributed by atoms with van der Waals surface area (Å²) in [5.41, 5.74) is -0.128. The Morgan fingerprint density at radius 1 is 1.41 bits per heavy atom. The highest BCUT2D eigenvalue weighted by Gasteiger charge is 2.19. The zero-order valence-corrected chi connectivity index (χ0v) is 12.1. The maximum Gasteiger partial charge on any atom is 0.0615 e. The van der Waals surface area contributed by atoms with E-state index in [1.165, 1.54) is 0 Å². The van der Waals surface area contributed by atoms with Crippen molar-refractivity contribution in [2.24, 2.45) is 0 Å². The quantitative estimate of drug-likeness (QED) is 0.567. The van der Waals surface area contributed by atoms with Gasteiger partial charge in [0.05, 0.1) is 13.2 Å². The minimum Gasteiger partial charge on any atom is -0.394 e. The number of nitrogens with one attached hydrogen (secondary N) is 1. The molecular formula is C13H30N2O2. The van der Waals surface area contributed by atoms with E-state index in [2.05, 4.69) is 31.1 Å². The van der Waals surface area contributed by atoms with Crippen molar-refractivity contribution in [2.45, 2.75) is 44.7 Å². The predicted octanol–water partition coefficient (Wildman–Crippen LogP) is 1.09. The Bertz CT molecular complexity index is 184. The Morgan fingerprint density at radius 2 is 2.06 bits per heavy atom. The van der Waals surface area contributed by atoms with Crippen LogP contribution in [0.1, 0.15) is 33.1 Å². The van der Waals surface area contributed by atoms with Gasteiger partial charge in [-0.1, -0.05) is 6.42 Å². The summed E-state index contributed by atoms with van der Waals surface area (Å²) < 4.78 is 5.14. The Hall–Kier alpha value is -0.160. The lowest BCUT2D eigenvalue weighted by Gasteiger charge is -2.28. The molecule has 0 aliphatic rings. The third-order valence-electron chi connectivity index (χ3n) is 3.60. The normalized spacial score (nSPS) is 17.1. The number of methoxy groups -OCH3 is 1. The van der Waals surface area contributed by atoms with E-state index in [0.717, 1.165) is 32.4 Å². The summed E-state index contributed by atoms with van der Waals surface area (Å²) in [6.07, 6.45) is 3.29. The fourth-order valence-corrected chi connectivity index (χ4v) is 1.75. The van der Waals surface area contributed by atoms with Crippen LogP contribution in [-0.4, -0.2) is 62.6 Å². The minimum atomic E-state index is -0.128. The lowest BCUT2D eigenvalue weighted by atomic mass is 9.96. The van der Waals surface area contributed by atoms with Crippen LogP contribution in [0.5, 0.6) is 0 Å². The van der Waals surface area contributed by atoms with Crippen molar-refractivity contribution in [3.8, 4) is 0 Å². The van der Waals surface area contributed by atoms with Crippen LogP contribution in [0, 0.1) is 0 Å². The number of unbranched alkanes of at least 4 members (excludes halogenated alkanes) is 1. The molecule has 0 aliphatic heterocycles. The fraction of sp³-hybridized carbons (Fsp3) is 1.00. The van der Waals surface area contributed by atoms with E-state index in [1.807, 2.05) is 7.05 Å². The van der Waals surface area contributed by atoms with Crippen LogP contribution in [0.3, 0.4) is 0 Å². The van der Waals surface area contributed by atoms with Crippen molar-refractivity contribution in [1.29, 1.82) is 0 Å². The SMILES string of the molecule is CNC(C)(CO)CCCCN(C)C(C)COC. The third kappa shape index (κ3) is 6.99. The number of ether oxygens (including phenoxy) is 1. The molecule has 0 bridgehead atoms.